The van der Waals surface area contributed by atoms with E-state index in [-0.39, 0.29) is 12.5 Å². The molecule has 2 heterocycles. The van der Waals surface area contributed by atoms with Gasteiger partial charge in [0.05, 0.1) is 17.1 Å². The zero-order valence-electron chi connectivity index (χ0n) is 13.9. The highest BCUT2D eigenvalue weighted by molar-refractivity contribution is 6.33. The van der Waals surface area contributed by atoms with Gasteiger partial charge < -0.3 is 9.84 Å². The van der Waals surface area contributed by atoms with Crippen LogP contribution in [0.15, 0.2) is 59.3 Å². The van der Waals surface area contributed by atoms with E-state index in [1.54, 1.807) is 28.9 Å². The van der Waals surface area contributed by atoms with Gasteiger partial charge in [-0.3, -0.25) is 9.48 Å². The van der Waals surface area contributed by atoms with E-state index in [0.29, 0.717) is 22.0 Å². The number of nitrogens with one attached hydrogen (secondary N) is 1. The summed E-state index contributed by atoms with van der Waals surface area (Å²) in [7, 11) is 1.85. The number of hydrogen-bond acceptors (Lipinski definition) is 4. The van der Waals surface area contributed by atoms with E-state index in [2.05, 4.69) is 15.6 Å². The lowest BCUT2D eigenvalue weighted by Crippen LogP contribution is -2.22. The lowest BCUT2D eigenvalue weighted by Gasteiger charge is -2.02. The molecular formula is C19H15ClN4O2. The molecule has 0 saturated carbocycles. The summed E-state index contributed by atoms with van der Waals surface area (Å²) in [5, 5.41) is 12.7. The van der Waals surface area contributed by atoms with Crippen LogP contribution in [0.4, 0.5) is 0 Å². The van der Waals surface area contributed by atoms with Crippen LogP contribution in [0, 0.1) is 0 Å². The Kier molecular flexibility index (Phi) is 4.18. The summed E-state index contributed by atoms with van der Waals surface area (Å²) in [5.74, 6) is 0.370. The Bertz CT molecular complexity index is 1100. The molecule has 0 bridgehead atoms. The number of aromatic nitrogens is 3. The normalized spacial score (nSPS) is 11.0. The fourth-order valence-corrected chi connectivity index (χ4v) is 2.97. The summed E-state index contributed by atoms with van der Waals surface area (Å²) in [6.07, 6.45) is 1.91. The second-order valence-electron chi connectivity index (χ2n) is 5.92. The van der Waals surface area contributed by atoms with Crippen LogP contribution in [0.3, 0.4) is 0 Å². The predicted octanol–water partition coefficient (Wildman–Crippen LogP) is 3.81. The van der Waals surface area contributed by atoms with E-state index >= 15 is 0 Å². The first-order valence-corrected chi connectivity index (χ1v) is 8.40. The third-order valence-electron chi connectivity index (χ3n) is 4.01. The molecule has 6 nitrogen and oxygen atoms in total. The minimum Gasteiger partial charge on any atom is -0.356 e. The van der Waals surface area contributed by atoms with Crippen LogP contribution in [0.2, 0.25) is 5.02 Å². The van der Waals surface area contributed by atoms with Crippen LogP contribution in [0.1, 0.15) is 16.1 Å². The topological polar surface area (TPSA) is 73.0 Å². The molecule has 0 spiro atoms. The number of aryl methyl sites for hydroxylation is 1. The SMILES string of the molecule is Cn1cc2ccc(C(=O)NCc3cc(-c4ccccc4Cl)on3)cc2n1. The Morgan fingerprint density at radius 2 is 2.08 bits per heavy atom. The van der Waals surface area contributed by atoms with Gasteiger partial charge in [0.2, 0.25) is 0 Å². The smallest absolute Gasteiger partial charge is 0.251 e. The highest BCUT2D eigenvalue weighted by atomic mass is 35.5. The second-order valence-corrected chi connectivity index (χ2v) is 6.33. The van der Waals surface area contributed by atoms with Gasteiger partial charge >= 0.3 is 0 Å². The Hall–Kier alpha value is -3.12. The van der Waals surface area contributed by atoms with Gasteiger partial charge in [-0.25, -0.2) is 0 Å². The molecule has 0 aliphatic rings. The average molecular weight is 367 g/mol. The number of amides is 1. The number of nitrogens with zero attached hydrogens (tertiary/aromatic N) is 3. The summed E-state index contributed by atoms with van der Waals surface area (Å²) < 4.78 is 7.05. The number of carbonyl (C=O) groups excluding carboxylic acids is 1. The highest BCUT2D eigenvalue weighted by Crippen LogP contribution is 2.27. The van der Waals surface area contributed by atoms with Gasteiger partial charge in [0.15, 0.2) is 5.76 Å². The van der Waals surface area contributed by atoms with Crippen molar-refractivity contribution in [3.63, 3.8) is 0 Å². The Labute approximate surface area is 154 Å². The Morgan fingerprint density at radius 3 is 2.92 bits per heavy atom. The predicted molar refractivity (Wildman–Crippen MR) is 98.8 cm³/mol. The monoisotopic (exact) mass is 366 g/mol. The highest BCUT2D eigenvalue weighted by Gasteiger charge is 2.12. The molecule has 0 aliphatic carbocycles. The molecule has 2 aromatic carbocycles. The molecule has 0 aliphatic heterocycles. The largest absolute Gasteiger partial charge is 0.356 e. The van der Waals surface area contributed by atoms with Crippen molar-refractivity contribution in [3.8, 4) is 11.3 Å². The lowest BCUT2D eigenvalue weighted by molar-refractivity contribution is 0.0950. The fourth-order valence-electron chi connectivity index (χ4n) is 2.74. The Balaban J connectivity index is 1.46. The first-order valence-electron chi connectivity index (χ1n) is 8.02. The molecule has 0 radical (unpaired) electrons. The second kappa shape index (κ2) is 6.65. The molecule has 7 heteroatoms. The molecule has 1 N–H and O–H groups in total. The first-order chi connectivity index (χ1) is 12.6. The van der Waals surface area contributed by atoms with Crippen LogP contribution >= 0.6 is 11.6 Å². The van der Waals surface area contributed by atoms with Crippen molar-refractivity contribution < 1.29 is 9.32 Å². The number of fused-ring (bicyclic) bond motifs is 1. The third kappa shape index (κ3) is 3.19. The number of benzene rings is 2. The maximum absolute atomic E-state index is 12.4. The minimum absolute atomic E-state index is 0.195. The van der Waals surface area contributed by atoms with Crippen LogP contribution in [0.25, 0.3) is 22.2 Å². The van der Waals surface area contributed by atoms with Crippen LogP contribution < -0.4 is 5.32 Å². The molecule has 4 rings (SSSR count). The van der Waals surface area contributed by atoms with Crippen molar-refractivity contribution in [3.05, 3.63) is 71.0 Å². The third-order valence-corrected chi connectivity index (χ3v) is 4.34. The van der Waals surface area contributed by atoms with Crippen molar-refractivity contribution in [2.45, 2.75) is 6.54 Å². The van der Waals surface area contributed by atoms with Crippen molar-refractivity contribution in [1.82, 2.24) is 20.3 Å². The molecule has 4 aromatic rings. The summed E-state index contributed by atoms with van der Waals surface area (Å²) in [6.45, 7) is 0.257. The standard InChI is InChI=1S/C19H15ClN4O2/c1-24-11-13-7-6-12(8-17(13)22-24)19(25)21-10-14-9-18(26-23-14)15-4-2-3-5-16(15)20/h2-9,11H,10H2,1H3,(H,21,25). The van der Waals surface area contributed by atoms with Crippen molar-refractivity contribution in [2.24, 2.45) is 7.05 Å². The molecule has 26 heavy (non-hydrogen) atoms. The van der Waals surface area contributed by atoms with Crippen LogP contribution in [-0.2, 0) is 13.6 Å². The molecule has 0 atom stereocenters. The lowest BCUT2D eigenvalue weighted by atomic mass is 10.1. The first kappa shape index (κ1) is 16.4. The molecule has 0 unspecified atom stereocenters. The van der Waals surface area contributed by atoms with Crippen molar-refractivity contribution >= 4 is 28.4 Å². The van der Waals surface area contributed by atoms with E-state index in [1.165, 1.54) is 0 Å². The molecular weight excluding hydrogens is 352 g/mol. The van der Waals surface area contributed by atoms with Gasteiger partial charge in [0.25, 0.3) is 5.91 Å². The summed E-state index contributed by atoms with van der Waals surface area (Å²) in [4.78, 5) is 12.4. The van der Waals surface area contributed by atoms with E-state index in [4.69, 9.17) is 16.1 Å². The summed E-state index contributed by atoms with van der Waals surface area (Å²) >= 11 is 6.16. The van der Waals surface area contributed by atoms with Crippen molar-refractivity contribution in [2.75, 3.05) is 0 Å². The summed E-state index contributed by atoms with van der Waals surface area (Å²) in [5.41, 5.74) is 2.71. The minimum atomic E-state index is -0.195. The fraction of sp³-hybridized carbons (Fsp3) is 0.105. The van der Waals surface area contributed by atoms with Crippen molar-refractivity contribution in [1.29, 1.82) is 0 Å². The Morgan fingerprint density at radius 1 is 1.23 bits per heavy atom. The van der Waals surface area contributed by atoms with Gasteiger partial charge in [0.1, 0.15) is 5.69 Å². The maximum Gasteiger partial charge on any atom is 0.251 e. The molecule has 0 saturated heterocycles. The summed E-state index contributed by atoms with van der Waals surface area (Å²) in [6, 6.07) is 14.6. The van der Waals surface area contributed by atoms with Crippen LogP contribution in [-0.4, -0.2) is 20.8 Å². The average Bonchev–Trinajstić information content (AvgIpc) is 3.24. The van der Waals surface area contributed by atoms with E-state index < -0.39 is 0 Å². The number of carbonyl (C=O) groups is 1. The van der Waals surface area contributed by atoms with Gasteiger partial charge in [-0.2, -0.15) is 5.10 Å². The molecule has 0 fully saturated rings. The van der Waals surface area contributed by atoms with E-state index in [1.807, 2.05) is 37.5 Å². The van der Waals surface area contributed by atoms with Gasteiger partial charge in [-0.1, -0.05) is 35.0 Å². The van der Waals surface area contributed by atoms with Gasteiger partial charge in [0, 0.05) is 35.8 Å². The molecule has 130 valence electrons. The van der Waals surface area contributed by atoms with E-state index in [0.717, 1.165) is 16.5 Å². The zero-order valence-corrected chi connectivity index (χ0v) is 14.7. The van der Waals surface area contributed by atoms with Crippen LogP contribution in [0.5, 0.6) is 0 Å². The van der Waals surface area contributed by atoms with Gasteiger partial charge in [-0.05, 0) is 24.3 Å². The quantitative estimate of drug-likeness (QED) is 0.596. The zero-order chi connectivity index (χ0) is 18.1. The van der Waals surface area contributed by atoms with E-state index in [9.17, 15) is 4.79 Å². The number of rotatable bonds is 4. The number of halogens is 1. The molecule has 2 aromatic heterocycles. The number of hydrogen-bond donors (Lipinski definition) is 1. The maximum atomic E-state index is 12.4. The van der Waals surface area contributed by atoms with Gasteiger partial charge in [-0.15, -0.1) is 0 Å². The molecule has 1 amide bonds.